The molecule has 6 heteroatoms. The van der Waals surface area contributed by atoms with Crippen LogP contribution in [-0.4, -0.2) is 41.6 Å². The Morgan fingerprint density at radius 2 is 2.40 bits per heavy atom. The summed E-state index contributed by atoms with van der Waals surface area (Å²) >= 11 is 1.54. The number of hydrogen-bond acceptors (Lipinski definition) is 4. The number of aromatic nitrogens is 1. The van der Waals surface area contributed by atoms with Gasteiger partial charge in [0, 0.05) is 24.5 Å². The van der Waals surface area contributed by atoms with Crippen LogP contribution >= 0.6 is 11.3 Å². The first kappa shape index (κ1) is 15.3. The van der Waals surface area contributed by atoms with Crippen molar-refractivity contribution < 1.29 is 4.79 Å². The van der Waals surface area contributed by atoms with Crippen LogP contribution in [0.1, 0.15) is 38.3 Å². The van der Waals surface area contributed by atoms with E-state index in [1.54, 1.807) is 16.8 Å². The van der Waals surface area contributed by atoms with Crippen molar-refractivity contribution in [2.45, 2.75) is 45.2 Å². The molecule has 1 saturated heterocycles. The Bertz CT molecular complexity index is 396. The summed E-state index contributed by atoms with van der Waals surface area (Å²) in [5.74, 6) is 0. The number of piperidine rings is 1. The SMILES string of the molecule is CC1CCCCN1CCCNC(=O)NCc1cscn1. The molecular formula is C14H24N4OS. The van der Waals surface area contributed by atoms with Crippen molar-refractivity contribution in [1.29, 1.82) is 0 Å². The molecule has 0 aliphatic carbocycles. The smallest absolute Gasteiger partial charge is 0.315 e. The molecule has 2 heterocycles. The number of rotatable bonds is 6. The quantitative estimate of drug-likeness (QED) is 0.791. The molecule has 0 bridgehead atoms. The number of likely N-dealkylation sites (tertiary alicyclic amines) is 1. The van der Waals surface area contributed by atoms with E-state index >= 15 is 0 Å². The molecule has 0 aromatic carbocycles. The number of amides is 2. The van der Waals surface area contributed by atoms with Crippen LogP contribution in [0.25, 0.3) is 0 Å². The lowest BCUT2D eigenvalue weighted by Crippen LogP contribution is -2.40. The standard InChI is InChI=1S/C14H24N4OS/c1-12-5-2-3-7-18(12)8-4-6-15-14(19)16-9-13-10-20-11-17-13/h10-12H,2-9H2,1H3,(H2,15,16,19). The number of carbonyl (C=O) groups is 1. The lowest BCUT2D eigenvalue weighted by Gasteiger charge is -2.33. The first-order valence-electron chi connectivity index (χ1n) is 7.38. The predicted molar refractivity (Wildman–Crippen MR) is 81.9 cm³/mol. The number of nitrogens with one attached hydrogen (secondary N) is 2. The lowest BCUT2D eigenvalue weighted by molar-refractivity contribution is 0.159. The molecule has 1 unspecified atom stereocenters. The fourth-order valence-corrected chi connectivity index (χ4v) is 3.09. The van der Waals surface area contributed by atoms with Crippen LogP contribution in [0.5, 0.6) is 0 Å². The fraction of sp³-hybridized carbons (Fsp3) is 0.714. The van der Waals surface area contributed by atoms with Crippen molar-refractivity contribution >= 4 is 17.4 Å². The van der Waals surface area contributed by atoms with Crippen LogP contribution < -0.4 is 10.6 Å². The molecule has 1 aliphatic heterocycles. The Labute approximate surface area is 124 Å². The fourth-order valence-electron chi connectivity index (χ4n) is 2.53. The molecule has 1 aromatic heterocycles. The maximum absolute atomic E-state index is 11.6. The van der Waals surface area contributed by atoms with Gasteiger partial charge in [-0.1, -0.05) is 6.42 Å². The molecule has 1 aromatic rings. The van der Waals surface area contributed by atoms with E-state index in [0.717, 1.165) is 25.2 Å². The van der Waals surface area contributed by atoms with E-state index < -0.39 is 0 Å². The van der Waals surface area contributed by atoms with E-state index in [4.69, 9.17) is 0 Å². The van der Waals surface area contributed by atoms with Gasteiger partial charge in [0.05, 0.1) is 17.7 Å². The Morgan fingerprint density at radius 1 is 1.50 bits per heavy atom. The summed E-state index contributed by atoms with van der Waals surface area (Å²) in [4.78, 5) is 18.2. The highest BCUT2D eigenvalue weighted by Gasteiger charge is 2.17. The van der Waals surface area contributed by atoms with E-state index in [1.165, 1.54) is 25.8 Å². The van der Waals surface area contributed by atoms with Crippen LogP contribution in [0.4, 0.5) is 4.79 Å². The molecule has 0 saturated carbocycles. The van der Waals surface area contributed by atoms with Gasteiger partial charge in [-0.25, -0.2) is 9.78 Å². The summed E-state index contributed by atoms with van der Waals surface area (Å²) in [5.41, 5.74) is 2.68. The largest absolute Gasteiger partial charge is 0.338 e. The average molecular weight is 296 g/mol. The molecule has 0 radical (unpaired) electrons. The molecule has 5 nitrogen and oxygen atoms in total. The second-order valence-corrected chi connectivity index (χ2v) is 6.04. The minimum atomic E-state index is -0.107. The Balaban J connectivity index is 1.53. The van der Waals surface area contributed by atoms with Gasteiger partial charge in [-0.15, -0.1) is 11.3 Å². The number of hydrogen-bond donors (Lipinski definition) is 2. The lowest BCUT2D eigenvalue weighted by atomic mass is 10.0. The van der Waals surface area contributed by atoms with Crippen LogP contribution in [0.2, 0.25) is 0 Å². The average Bonchev–Trinajstić information content (AvgIpc) is 2.96. The monoisotopic (exact) mass is 296 g/mol. The van der Waals surface area contributed by atoms with E-state index in [-0.39, 0.29) is 6.03 Å². The first-order valence-corrected chi connectivity index (χ1v) is 8.33. The summed E-state index contributed by atoms with van der Waals surface area (Å²) < 4.78 is 0. The van der Waals surface area contributed by atoms with Gasteiger partial charge in [-0.3, -0.25) is 0 Å². The van der Waals surface area contributed by atoms with Gasteiger partial charge in [0.2, 0.25) is 0 Å². The summed E-state index contributed by atoms with van der Waals surface area (Å²) in [6, 6.07) is 0.590. The van der Waals surface area contributed by atoms with Gasteiger partial charge in [-0.05, 0) is 32.7 Å². The third kappa shape index (κ3) is 5.09. The molecule has 20 heavy (non-hydrogen) atoms. The number of nitrogens with zero attached hydrogens (tertiary/aromatic N) is 2. The summed E-state index contributed by atoms with van der Waals surface area (Å²) in [7, 11) is 0. The van der Waals surface area contributed by atoms with Crippen molar-refractivity contribution in [3.8, 4) is 0 Å². The highest BCUT2D eigenvalue weighted by Crippen LogP contribution is 2.15. The molecule has 2 N–H and O–H groups in total. The van der Waals surface area contributed by atoms with E-state index in [0.29, 0.717) is 12.6 Å². The molecule has 112 valence electrons. The van der Waals surface area contributed by atoms with Crippen LogP contribution in [0.15, 0.2) is 10.9 Å². The summed E-state index contributed by atoms with van der Waals surface area (Å²) in [6.07, 6.45) is 4.98. The van der Waals surface area contributed by atoms with Crippen LogP contribution in [-0.2, 0) is 6.54 Å². The van der Waals surface area contributed by atoms with Gasteiger partial charge < -0.3 is 15.5 Å². The topological polar surface area (TPSA) is 57.3 Å². The molecule has 1 atom stereocenters. The highest BCUT2D eigenvalue weighted by atomic mass is 32.1. The highest BCUT2D eigenvalue weighted by molar-refractivity contribution is 7.07. The number of urea groups is 1. The third-order valence-electron chi connectivity index (χ3n) is 3.76. The van der Waals surface area contributed by atoms with Gasteiger partial charge >= 0.3 is 6.03 Å². The maximum Gasteiger partial charge on any atom is 0.315 e. The zero-order chi connectivity index (χ0) is 14.2. The predicted octanol–water partition coefficient (Wildman–Crippen LogP) is 2.21. The molecule has 2 rings (SSSR count). The van der Waals surface area contributed by atoms with Gasteiger partial charge in [0.1, 0.15) is 0 Å². The Hall–Kier alpha value is -1.14. The zero-order valence-corrected chi connectivity index (χ0v) is 12.9. The van der Waals surface area contributed by atoms with Crippen molar-refractivity contribution in [2.24, 2.45) is 0 Å². The second kappa shape index (κ2) is 8.21. The summed E-state index contributed by atoms with van der Waals surface area (Å²) in [6.45, 7) is 5.81. The van der Waals surface area contributed by atoms with Crippen molar-refractivity contribution in [3.05, 3.63) is 16.6 Å². The van der Waals surface area contributed by atoms with Crippen LogP contribution in [0, 0.1) is 0 Å². The van der Waals surface area contributed by atoms with Gasteiger partial charge in [0.15, 0.2) is 0 Å². The van der Waals surface area contributed by atoms with Crippen LogP contribution in [0.3, 0.4) is 0 Å². The second-order valence-electron chi connectivity index (χ2n) is 5.32. The van der Waals surface area contributed by atoms with E-state index in [2.05, 4.69) is 27.4 Å². The maximum atomic E-state index is 11.6. The van der Waals surface area contributed by atoms with Crippen molar-refractivity contribution in [3.63, 3.8) is 0 Å². The zero-order valence-electron chi connectivity index (χ0n) is 12.1. The Morgan fingerprint density at radius 3 is 3.15 bits per heavy atom. The first-order chi connectivity index (χ1) is 9.75. The number of carbonyl (C=O) groups excluding carboxylic acids is 1. The molecule has 1 aliphatic rings. The molecular weight excluding hydrogens is 272 g/mol. The van der Waals surface area contributed by atoms with Gasteiger partial charge in [0.25, 0.3) is 0 Å². The minimum Gasteiger partial charge on any atom is -0.338 e. The summed E-state index contributed by atoms with van der Waals surface area (Å²) in [5, 5.41) is 7.65. The normalized spacial score (nSPS) is 19.8. The van der Waals surface area contributed by atoms with Crippen molar-refractivity contribution in [1.82, 2.24) is 20.5 Å². The third-order valence-corrected chi connectivity index (χ3v) is 4.40. The minimum absolute atomic E-state index is 0.107. The Kier molecular flexibility index (Phi) is 6.26. The van der Waals surface area contributed by atoms with E-state index in [9.17, 15) is 4.79 Å². The van der Waals surface area contributed by atoms with Crippen molar-refractivity contribution in [2.75, 3.05) is 19.6 Å². The van der Waals surface area contributed by atoms with Gasteiger partial charge in [-0.2, -0.15) is 0 Å². The molecule has 1 fully saturated rings. The number of thiazole rings is 1. The molecule has 2 amide bonds. The van der Waals surface area contributed by atoms with E-state index in [1.807, 2.05) is 5.38 Å². The molecule has 0 spiro atoms.